The van der Waals surface area contributed by atoms with Crippen LogP contribution in [0.25, 0.3) is 0 Å². The number of hydrogen-bond acceptors (Lipinski definition) is 3. The van der Waals surface area contributed by atoms with Crippen LogP contribution in [0.15, 0.2) is 17.0 Å². The molecule has 0 radical (unpaired) electrons. The molecule has 0 aromatic heterocycles. The second kappa shape index (κ2) is 6.69. The summed E-state index contributed by atoms with van der Waals surface area (Å²) < 4.78 is 27.6. The van der Waals surface area contributed by atoms with Gasteiger partial charge in [0.25, 0.3) is 0 Å². The van der Waals surface area contributed by atoms with E-state index in [1.54, 1.807) is 4.31 Å². The lowest BCUT2D eigenvalue weighted by Crippen LogP contribution is -2.51. The molecule has 1 aliphatic heterocycles. The fourth-order valence-corrected chi connectivity index (χ4v) is 5.18. The van der Waals surface area contributed by atoms with Crippen molar-refractivity contribution in [1.29, 1.82) is 0 Å². The lowest BCUT2D eigenvalue weighted by atomic mass is 10.1. The van der Waals surface area contributed by atoms with Gasteiger partial charge in [0.05, 0.1) is 4.90 Å². The van der Waals surface area contributed by atoms with Gasteiger partial charge in [-0.15, -0.1) is 0 Å². The first kappa shape index (κ1) is 17.4. The molecule has 4 nitrogen and oxygen atoms in total. The maximum atomic E-state index is 13.0. The third-order valence-corrected chi connectivity index (χ3v) is 6.89. The number of sulfonamides is 1. The second-order valence-electron chi connectivity index (χ2n) is 6.43. The van der Waals surface area contributed by atoms with Gasteiger partial charge in [-0.3, -0.25) is 4.90 Å². The Bertz CT molecular complexity index is 609. The van der Waals surface area contributed by atoms with E-state index in [1.807, 2.05) is 32.9 Å². The van der Waals surface area contributed by atoms with E-state index in [-0.39, 0.29) is 0 Å². The Morgan fingerprint density at radius 2 is 1.55 bits per heavy atom. The average Bonchev–Trinajstić information content (AvgIpc) is 2.45. The van der Waals surface area contributed by atoms with E-state index in [0.717, 1.165) is 36.2 Å². The molecular weight excluding hydrogens is 296 g/mol. The van der Waals surface area contributed by atoms with E-state index in [1.165, 1.54) is 0 Å². The fourth-order valence-electron chi connectivity index (χ4n) is 3.35. The zero-order valence-electron chi connectivity index (χ0n) is 14.4. The molecule has 0 N–H and O–H groups in total. The van der Waals surface area contributed by atoms with Crippen molar-refractivity contribution in [3.63, 3.8) is 0 Å². The van der Waals surface area contributed by atoms with Crippen LogP contribution in [0.4, 0.5) is 0 Å². The van der Waals surface area contributed by atoms with Crippen LogP contribution in [0.1, 0.15) is 37.0 Å². The molecule has 0 spiro atoms. The maximum Gasteiger partial charge on any atom is 0.243 e. The van der Waals surface area contributed by atoms with E-state index in [0.29, 0.717) is 24.0 Å². The van der Waals surface area contributed by atoms with E-state index < -0.39 is 10.0 Å². The predicted molar refractivity (Wildman–Crippen MR) is 90.7 cm³/mol. The molecule has 0 bridgehead atoms. The topological polar surface area (TPSA) is 40.6 Å². The third kappa shape index (κ3) is 3.36. The molecule has 1 saturated heterocycles. The highest BCUT2D eigenvalue weighted by Crippen LogP contribution is 2.26. The number of nitrogens with zero attached hydrogens (tertiary/aromatic N) is 2. The monoisotopic (exact) mass is 324 g/mol. The number of hydrogen-bond donors (Lipinski definition) is 0. The summed E-state index contributed by atoms with van der Waals surface area (Å²) in [4.78, 5) is 2.87. The Morgan fingerprint density at radius 1 is 1.05 bits per heavy atom. The van der Waals surface area contributed by atoms with Gasteiger partial charge in [-0.25, -0.2) is 8.42 Å². The van der Waals surface area contributed by atoms with Gasteiger partial charge >= 0.3 is 0 Å². The smallest absolute Gasteiger partial charge is 0.243 e. The molecule has 1 aliphatic rings. The highest BCUT2D eigenvalue weighted by molar-refractivity contribution is 7.89. The lowest BCUT2D eigenvalue weighted by Gasteiger charge is -2.37. The lowest BCUT2D eigenvalue weighted by molar-refractivity contribution is 0.142. The molecule has 1 atom stereocenters. The summed E-state index contributed by atoms with van der Waals surface area (Å²) in [7, 11) is -3.39. The maximum absolute atomic E-state index is 13.0. The molecule has 1 unspecified atom stereocenters. The standard InChI is InChI=1S/C17H28N2O2S/c1-6-16(5)18-7-9-19(10-8-18)22(20,21)17-14(3)11-13(2)12-15(17)4/h11-12,16H,6-10H2,1-5H3. The Kier molecular flexibility index (Phi) is 5.30. The zero-order valence-corrected chi connectivity index (χ0v) is 15.2. The van der Waals surface area contributed by atoms with E-state index in [2.05, 4.69) is 18.7 Å². The van der Waals surface area contributed by atoms with Gasteiger partial charge in [-0.05, 0) is 45.2 Å². The van der Waals surface area contributed by atoms with Gasteiger partial charge in [0.1, 0.15) is 0 Å². The summed E-state index contributed by atoms with van der Waals surface area (Å²) in [5.74, 6) is 0. The Morgan fingerprint density at radius 3 is 2.00 bits per heavy atom. The Labute approximate surface area is 135 Å². The van der Waals surface area contributed by atoms with Crippen molar-refractivity contribution in [3.8, 4) is 0 Å². The molecule has 2 rings (SSSR count). The van der Waals surface area contributed by atoms with Crippen LogP contribution in [0, 0.1) is 20.8 Å². The van der Waals surface area contributed by atoms with E-state index in [4.69, 9.17) is 0 Å². The zero-order chi connectivity index (χ0) is 16.5. The minimum Gasteiger partial charge on any atom is -0.298 e. The molecule has 1 aromatic rings. The van der Waals surface area contributed by atoms with Crippen molar-refractivity contribution >= 4 is 10.0 Å². The fraction of sp³-hybridized carbons (Fsp3) is 0.647. The minimum absolute atomic E-state index is 0.495. The van der Waals surface area contributed by atoms with Gasteiger partial charge < -0.3 is 0 Å². The SMILES string of the molecule is CCC(C)N1CCN(S(=O)(=O)c2c(C)cc(C)cc2C)CC1. The first-order chi connectivity index (χ1) is 10.3. The van der Waals surface area contributed by atoms with Crippen LogP contribution in [0.2, 0.25) is 0 Å². The molecule has 0 amide bonds. The molecule has 0 aliphatic carbocycles. The van der Waals surface area contributed by atoms with Gasteiger partial charge in [0.2, 0.25) is 10.0 Å². The van der Waals surface area contributed by atoms with Crippen LogP contribution >= 0.6 is 0 Å². The average molecular weight is 324 g/mol. The number of aryl methyl sites for hydroxylation is 3. The van der Waals surface area contributed by atoms with Crippen molar-refractivity contribution in [3.05, 3.63) is 28.8 Å². The summed E-state index contributed by atoms with van der Waals surface area (Å²) in [6, 6.07) is 4.43. The van der Waals surface area contributed by atoms with Gasteiger partial charge in [0, 0.05) is 32.2 Å². The number of rotatable bonds is 4. The van der Waals surface area contributed by atoms with Gasteiger partial charge in [-0.1, -0.05) is 24.6 Å². The number of benzene rings is 1. The van der Waals surface area contributed by atoms with E-state index >= 15 is 0 Å². The van der Waals surface area contributed by atoms with E-state index in [9.17, 15) is 8.42 Å². The predicted octanol–water partition coefficient (Wildman–Crippen LogP) is 2.72. The first-order valence-corrected chi connectivity index (χ1v) is 9.53. The van der Waals surface area contributed by atoms with Crippen LogP contribution < -0.4 is 0 Å². The molecule has 22 heavy (non-hydrogen) atoms. The van der Waals surface area contributed by atoms with Crippen molar-refractivity contribution < 1.29 is 8.42 Å². The second-order valence-corrected chi connectivity index (χ2v) is 8.30. The quantitative estimate of drug-likeness (QED) is 0.855. The molecule has 1 aromatic carbocycles. The van der Waals surface area contributed by atoms with Crippen molar-refractivity contribution in [2.24, 2.45) is 0 Å². The molecule has 1 fully saturated rings. The molecule has 124 valence electrons. The highest BCUT2D eigenvalue weighted by atomic mass is 32.2. The van der Waals surface area contributed by atoms with Crippen LogP contribution in [-0.2, 0) is 10.0 Å². The first-order valence-electron chi connectivity index (χ1n) is 8.09. The van der Waals surface area contributed by atoms with Gasteiger partial charge in [0.15, 0.2) is 0 Å². The summed E-state index contributed by atoms with van der Waals surface area (Å²) in [6.45, 7) is 13.0. The minimum atomic E-state index is -3.39. The highest BCUT2D eigenvalue weighted by Gasteiger charge is 2.31. The third-order valence-electron chi connectivity index (χ3n) is 4.69. The van der Waals surface area contributed by atoms with Gasteiger partial charge in [-0.2, -0.15) is 4.31 Å². The summed E-state index contributed by atoms with van der Waals surface area (Å²) in [5.41, 5.74) is 2.80. The normalized spacial score (nSPS) is 19.3. The van der Waals surface area contributed by atoms with Crippen LogP contribution in [0.5, 0.6) is 0 Å². The van der Waals surface area contributed by atoms with Crippen LogP contribution in [0.3, 0.4) is 0 Å². The van der Waals surface area contributed by atoms with Crippen LogP contribution in [-0.4, -0.2) is 49.8 Å². The molecule has 0 saturated carbocycles. The Balaban J connectivity index is 2.23. The number of piperazine rings is 1. The van der Waals surface area contributed by atoms with Crippen molar-refractivity contribution in [2.45, 2.75) is 52.0 Å². The molecular formula is C17H28N2O2S. The molecule has 1 heterocycles. The summed E-state index contributed by atoms with van der Waals surface area (Å²) in [6.07, 6.45) is 1.10. The Hall–Kier alpha value is -0.910. The largest absolute Gasteiger partial charge is 0.298 e. The van der Waals surface area contributed by atoms with Crippen molar-refractivity contribution in [2.75, 3.05) is 26.2 Å². The summed E-state index contributed by atoms with van der Waals surface area (Å²) >= 11 is 0. The molecule has 5 heteroatoms. The summed E-state index contributed by atoms with van der Waals surface area (Å²) in [5, 5.41) is 0. The van der Waals surface area contributed by atoms with Crippen molar-refractivity contribution in [1.82, 2.24) is 9.21 Å².